The van der Waals surface area contributed by atoms with Crippen molar-refractivity contribution in [2.45, 2.75) is 40.0 Å². The van der Waals surface area contributed by atoms with Crippen LogP contribution in [0.25, 0.3) is 6.08 Å². The zero-order chi connectivity index (χ0) is 13.8. The van der Waals surface area contributed by atoms with E-state index in [4.69, 9.17) is 0 Å². The zero-order valence-corrected chi connectivity index (χ0v) is 12.4. The van der Waals surface area contributed by atoms with E-state index in [1.165, 1.54) is 35.4 Å². The quantitative estimate of drug-likeness (QED) is 0.718. The number of anilines is 1. The third-order valence-electron chi connectivity index (χ3n) is 3.94. The highest BCUT2D eigenvalue weighted by molar-refractivity contribution is 5.60. The number of allylic oxidation sites excluding steroid dienone is 2. The highest BCUT2D eigenvalue weighted by atomic mass is 14.9. The van der Waals surface area contributed by atoms with E-state index in [2.05, 4.69) is 56.9 Å². The van der Waals surface area contributed by atoms with Crippen molar-refractivity contribution in [1.29, 1.82) is 0 Å². The molecule has 0 aliphatic heterocycles. The molecule has 1 aliphatic carbocycles. The summed E-state index contributed by atoms with van der Waals surface area (Å²) in [4.78, 5) is 0. The Kier molecular flexibility index (Phi) is 4.47. The molecule has 1 fully saturated rings. The molecule has 2 unspecified atom stereocenters. The van der Waals surface area contributed by atoms with Gasteiger partial charge in [-0.15, -0.1) is 0 Å². The number of aryl methyl sites for hydroxylation is 1. The average molecular weight is 255 g/mol. The Balaban J connectivity index is 2.12. The Bertz CT molecular complexity index is 484. The molecular weight excluding hydrogens is 230 g/mol. The number of unbranched alkanes of at least 4 members (excludes halogenated alkanes) is 1. The molecule has 1 aromatic carbocycles. The van der Waals surface area contributed by atoms with Crippen LogP contribution in [0.15, 0.2) is 36.6 Å². The number of rotatable bonds is 6. The van der Waals surface area contributed by atoms with Crippen LogP contribution in [0.4, 0.5) is 5.69 Å². The van der Waals surface area contributed by atoms with E-state index in [1.807, 2.05) is 6.08 Å². The minimum atomic E-state index is 0.742. The Morgan fingerprint density at radius 3 is 2.74 bits per heavy atom. The SMILES string of the molecule is C=Cc1ccc(N/C(=C/CCC)C2CC2C)cc1C. The van der Waals surface area contributed by atoms with Crippen LogP contribution in [0, 0.1) is 18.8 Å². The maximum Gasteiger partial charge on any atom is 0.0384 e. The summed E-state index contributed by atoms with van der Waals surface area (Å²) in [6, 6.07) is 6.50. The summed E-state index contributed by atoms with van der Waals surface area (Å²) in [7, 11) is 0. The molecule has 0 saturated heterocycles. The Morgan fingerprint density at radius 2 is 2.21 bits per heavy atom. The highest BCUT2D eigenvalue weighted by Crippen LogP contribution is 2.44. The summed E-state index contributed by atoms with van der Waals surface area (Å²) in [6.07, 6.45) is 7.99. The van der Waals surface area contributed by atoms with Gasteiger partial charge in [-0.3, -0.25) is 0 Å². The molecule has 1 saturated carbocycles. The van der Waals surface area contributed by atoms with Gasteiger partial charge in [-0.1, -0.05) is 45.1 Å². The van der Waals surface area contributed by atoms with Crippen LogP contribution in [0.3, 0.4) is 0 Å². The van der Waals surface area contributed by atoms with Crippen molar-refractivity contribution in [3.63, 3.8) is 0 Å². The topological polar surface area (TPSA) is 12.0 Å². The summed E-state index contributed by atoms with van der Waals surface area (Å²) < 4.78 is 0. The Hall–Kier alpha value is -1.50. The van der Waals surface area contributed by atoms with Gasteiger partial charge in [0.2, 0.25) is 0 Å². The van der Waals surface area contributed by atoms with Gasteiger partial charge in [0.25, 0.3) is 0 Å². The van der Waals surface area contributed by atoms with Crippen molar-refractivity contribution in [3.05, 3.63) is 47.7 Å². The lowest BCUT2D eigenvalue weighted by atomic mass is 10.1. The van der Waals surface area contributed by atoms with Crippen molar-refractivity contribution in [2.24, 2.45) is 11.8 Å². The predicted molar refractivity (Wildman–Crippen MR) is 85.2 cm³/mol. The molecule has 2 atom stereocenters. The van der Waals surface area contributed by atoms with E-state index in [0.717, 1.165) is 18.3 Å². The van der Waals surface area contributed by atoms with E-state index in [9.17, 15) is 0 Å². The Labute approximate surface area is 117 Å². The third-order valence-corrected chi connectivity index (χ3v) is 3.94. The fraction of sp³-hybridized carbons (Fsp3) is 0.444. The van der Waals surface area contributed by atoms with E-state index in [-0.39, 0.29) is 0 Å². The van der Waals surface area contributed by atoms with Crippen molar-refractivity contribution in [3.8, 4) is 0 Å². The smallest absolute Gasteiger partial charge is 0.0384 e. The van der Waals surface area contributed by atoms with E-state index in [0.29, 0.717) is 0 Å². The van der Waals surface area contributed by atoms with Crippen LogP contribution >= 0.6 is 0 Å². The van der Waals surface area contributed by atoms with Gasteiger partial charge >= 0.3 is 0 Å². The first kappa shape index (κ1) is 13.9. The second-order valence-electron chi connectivity index (χ2n) is 5.67. The van der Waals surface area contributed by atoms with Crippen molar-refractivity contribution < 1.29 is 0 Å². The van der Waals surface area contributed by atoms with Gasteiger partial charge in [0.05, 0.1) is 0 Å². The fourth-order valence-corrected chi connectivity index (χ4v) is 2.50. The average Bonchev–Trinajstić information content (AvgIpc) is 3.12. The molecule has 0 heterocycles. The van der Waals surface area contributed by atoms with Crippen molar-refractivity contribution >= 4 is 11.8 Å². The zero-order valence-electron chi connectivity index (χ0n) is 12.4. The highest BCUT2D eigenvalue weighted by Gasteiger charge is 2.35. The van der Waals surface area contributed by atoms with Gasteiger partial charge in [0.15, 0.2) is 0 Å². The van der Waals surface area contributed by atoms with Gasteiger partial charge in [0.1, 0.15) is 0 Å². The molecule has 1 aromatic rings. The monoisotopic (exact) mass is 255 g/mol. The first-order valence-corrected chi connectivity index (χ1v) is 7.35. The summed E-state index contributed by atoms with van der Waals surface area (Å²) in [6.45, 7) is 10.5. The minimum absolute atomic E-state index is 0.742. The van der Waals surface area contributed by atoms with E-state index >= 15 is 0 Å². The lowest BCUT2D eigenvalue weighted by Crippen LogP contribution is -2.03. The van der Waals surface area contributed by atoms with Gasteiger partial charge in [0, 0.05) is 17.3 Å². The largest absolute Gasteiger partial charge is 0.359 e. The summed E-state index contributed by atoms with van der Waals surface area (Å²) >= 11 is 0. The molecule has 102 valence electrons. The molecule has 19 heavy (non-hydrogen) atoms. The van der Waals surface area contributed by atoms with Crippen LogP contribution < -0.4 is 5.32 Å². The minimum Gasteiger partial charge on any atom is -0.359 e. The third kappa shape index (κ3) is 3.50. The lowest BCUT2D eigenvalue weighted by molar-refractivity contribution is 0.842. The molecule has 1 nitrogen and oxygen atoms in total. The van der Waals surface area contributed by atoms with Gasteiger partial charge in [-0.2, -0.15) is 0 Å². The number of benzene rings is 1. The number of hydrogen-bond donors (Lipinski definition) is 1. The second kappa shape index (κ2) is 6.10. The predicted octanol–water partition coefficient (Wildman–Crippen LogP) is 5.39. The molecule has 0 radical (unpaired) electrons. The molecule has 2 rings (SSSR count). The van der Waals surface area contributed by atoms with Crippen LogP contribution in [0.5, 0.6) is 0 Å². The lowest BCUT2D eigenvalue weighted by Gasteiger charge is -2.13. The number of nitrogens with one attached hydrogen (secondary N) is 1. The van der Waals surface area contributed by atoms with Crippen LogP contribution in [0.2, 0.25) is 0 Å². The normalized spacial score (nSPS) is 22.2. The fourth-order valence-electron chi connectivity index (χ4n) is 2.50. The summed E-state index contributed by atoms with van der Waals surface area (Å²) in [5.74, 6) is 1.58. The molecule has 1 aliphatic rings. The van der Waals surface area contributed by atoms with Crippen molar-refractivity contribution in [2.75, 3.05) is 5.32 Å². The molecule has 0 spiro atoms. The Morgan fingerprint density at radius 1 is 1.47 bits per heavy atom. The number of hydrogen-bond acceptors (Lipinski definition) is 1. The molecular formula is C18H25N. The second-order valence-corrected chi connectivity index (χ2v) is 5.67. The van der Waals surface area contributed by atoms with Crippen molar-refractivity contribution in [1.82, 2.24) is 0 Å². The maximum absolute atomic E-state index is 3.84. The molecule has 1 N–H and O–H groups in total. The van der Waals surface area contributed by atoms with Crippen LogP contribution in [-0.2, 0) is 0 Å². The first-order chi connectivity index (χ1) is 9.15. The first-order valence-electron chi connectivity index (χ1n) is 7.35. The summed E-state index contributed by atoms with van der Waals surface area (Å²) in [5.41, 5.74) is 5.10. The standard InChI is InChI=1S/C18H25N/c1-5-7-8-18(17-12-14(17)4)19-16-10-9-15(6-2)13(3)11-16/h6,8-11,14,17,19H,2,5,7,12H2,1,3-4H3/b18-8+. The van der Waals surface area contributed by atoms with Crippen LogP contribution in [-0.4, -0.2) is 0 Å². The van der Waals surface area contributed by atoms with Crippen LogP contribution in [0.1, 0.15) is 44.2 Å². The van der Waals surface area contributed by atoms with Gasteiger partial charge in [-0.05, 0) is 48.9 Å². The van der Waals surface area contributed by atoms with E-state index in [1.54, 1.807) is 0 Å². The van der Waals surface area contributed by atoms with Gasteiger partial charge in [-0.25, -0.2) is 0 Å². The maximum atomic E-state index is 3.84. The van der Waals surface area contributed by atoms with E-state index < -0.39 is 0 Å². The molecule has 1 heteroatoms. The molecule has 0 amide bonds. The molecule has 0 aromatic heterocycles. The molecule has 0 bridgehead atoms. The van der Waals surface area contributed by atoms with Gasteiger partial charge < -0.3 is 5.32 Å². The summed E-state index contributed by atoms with van der Waals surface area (Å²) in [5, 5.41) is 3.63.